The summed E-state index contributed by atoms with van der Waals surface area (Å²) in [6.45, 7) is 8.25. The summed E-state index contributed by atoms with van der Waals surface area (Å²) >= 11 is 0. The molecular weight excluding hydrogens is 228 g/mol. The van der Waals surface area contributed by atoms with Crippen molar-refractivity contribution < 1.29 is 9.53 Å². The Kier molecular flexibility index (Phi) is 2.97. The second kappa shape index (κ2) is 4.19. The quantitative estimate of drug-likeness (QED) is 0.718. The molecular formula is C14H20N2O2. The summed E-state index contributed by atoms with van der Waals surface area (Å²) in [5, 5.41) is 0. The third-order valence-corrected chi connectivity index (χ3v) is 2.89. The summed E-state index contributed by atoms with van der Waals surface area (Å²) in [4.78, 5) is 13.8. The first-order valence-corrected chi connectivity index (χ1v) is 6.17. The van der Waals surface area contributed by atoms with Crippen molar-refractivity contribution in [2.45, 2.75) is 39.7 Å². The van der Waals surface area contributed by atoms with Gasteiger partial charge in [-0.2, -0.15) is 0 Å². The molecule has 0 bridgehead atoms. The molecule has 0 fully saturated rings. The van der Waals surface area contributed by atoms with E-state index in [1.54, 1.807) is 4.90 Å². The lowest BCUT2D eigenvalue weighted by Crippen LogP contribution is -2.36. The van der Waals surface area contributed by atoms with Crippen molar-refractivity contribution in [2.24, 2.45) is 0 Å². The molecule has 98 valence electrons. The number of benzene rings is 1. The Labute approximate surface area is 108 Å². The van der Waals surface area contributed by atoms with E-state index in [1.807, 2.05) is 39.8 Å². The van der Waals surface area contributed by atoms with E-state index in [9.17, 15) is 4.79 Å². The molecule has 2 rings (SSSR count). The molecule has 1 heterocycles. The van der Waals surface area contributed by atoms with Gasteiger partial charge in [-0.25, -0.2) is 4.79 Å². The first-order chi connectivity index (χ1) is 8.28. The highest BCUT2D eigenvalue weighted by Crippen LogP contribution is 2.34. The zero-order valence-corrected chi connectivity index (χ0v) is 11.4. The molecule has 18 heavy (non-hydrogen) atoms. The summed E-state index contributed by atoms with van der Waals surface area (Å²) in [5.74, 6) is 0. The summed E-state index contributed by atoms with van der Waals surface area (Å²) in [5.41, 5.74) is 9.20. The number of fused-ring (bicyclic) bond motifs is 1. The van der Waals surface area contributed by atoms with Gasteiger partial charge in [-0.3, -0.25) is 4.90 Å². The van der Waals surface area contributed by atoms with E-state index in [4.69, 9.17) is 10.5 Å². The van der Waals surface area contributed by atoms with Crippen LogP contribution in [0, 0.1) is 6.92 Å². The van der Waals surface area contributed by atoms with Crippen molar-refractivity contribution in [3.8, 4) is 0 Å². The fraction of sp³-hybridized carbons (Fsp3) is 0.500. The van der Waals surface area contributed by atoms with Gasteiger partial charge >= 0.3 is 6.09 Å². The molecule has 1 aliphatic rings. The van der Waals surface area contributed by atoms with Gasteiger partial charge in [0.15, 0.2) is 0 Å². The first kappa shape index (κ1) is 12.7. The molecule has 0 saturated heterocycles. The fourth-order valence-electron chi connectivity index (χ4n) is 2.30. The molecule has 4 nitrogen and oxygen atoms in total. The number of carbonyl (C=O) groups excluding carboxylic acids is 1. The molecule has 1 aromatic rings. The zero-order chi connectivity index (χ0) is 13.5. The van der Waals surface area contributed by atoms with Gasteiger partial charge in [0.25, 0.3) is 0 Å². The molecule has 0 atom stereocenters. The van der Waals surface area contributed by atoms with Crippen molar-refractivity contribution in [2.75, 3.05) is 17.2 Å². The van der Waals surface area contributed by atoms with Crippen LogP contribution in [0.4, 0.5) is 16.2 Å². The number of carbonyl (C=O) groups is 1. The average Bonchev–Trinajstić information content (AvgIpc) is 2.58. The second-order valence-corrected chi connectivity index (χ2v) is 5.73. The Hall–Kier alpha value is -1.71. The highest BCUT2D eigenvalue weighted by atomic mass is 16.6. The standard InChI is InChI=1S/C14H20N2O2/c1-9-7-11(15)8-10-5-6-16(12(9)10)13(17)18-14(2,3)4/h7-8H,5-6,15H2,1-4H3. The highest BCUT2D eigenvalue weighted by molar-refractivity contribution is 5.92. The lowest BCUT2D eigenvalue weighted by molar-refractivity contribution is 0.0584. The van der Waals surface area contributed by atoms with Gasteiger partial charge in [0.1, 0.15) is 5.60 Å². The third-order valence-electron chi connectivity index (χ3n) is 2.89. The minimum Gasteiger partial charge on any atom is -0.443 e. The Morgan fingerprint density at radius 2 is 2.06 bits per heavy atom. The lowest BCUT2D eigenvalue weighted by Gasteiger charge is -2.25. The van der Waals surface area contributed by atoms with Crippen LogP contribution in [0.1, 0.15) is 31.9 Å². The van der Waals surface area contributed by atoms with Gasteiger partial charge < -0.3 is 10.5 Å². The van der Waals surface area contributed by atoms with E-state index < -0.39 is 5.60 Å². The van der Waals surface area contributed by atoms with E-state index >= 15 is 0 Å². The number of anilines is 2. The summed E-state index contributed by atoms with van der Waals surface area (Å²) in [6, 6.07) is 3.83. The summed E-state index contributed by atoms with van der Waals surface area (Å²) in [6.07, 6.45) is 0.551. The number of hydrogen-bond acceptors (Lipinski definition) is 3. The van der Waals surface area contributed by atoms with Crippen LogP contribution < -0.4 is 10.6 Å². The number of hydrogen-bond donors (Lipinski definition) is 1. The lowest BCUT2D eigenvalue weighted by atomic mass is 10.1. The number of amides is 1. The van der Waals surface area contributed by atoms with Gasteiger partial charge in [0, 0.05) is 12.2 Å². The minimum atomic E-state index is -0.471. The van der Waals surface area contributed by atoms with Gasteiger partial charge in [-0.05, 0) is 57.4 Å². The maximum absolute atomic E-state index is 12.1. The Morgan fingerprint density at radius 3 is 2.67 bits per heavy atom. The molecule has 0 radical (unpaired) electrons. The van der Waals surface area contributed by atoms with Gasteiger partial charge in [0.05, 0.1) is 5.69 Å². The zero-order valence-electron chi connectivity index (χ0n) is 11.4. The van der Waals surface area contributed by atoms with Crippen molar-refractivity contribution in [1.29, 1.82) is 0 Å². The van der Waals surface area contributed by atoms with E-state index in [0.29, 0.717) is 6.54 Å². The Morgan fingerprint density at radius 1 is 1.39 bits per heavy atom. The largest absolute Gasteiger partial charge is 0.443 e. The molecule has 0 aliphatic carbocycles. The van der Waals surface area contributed by atoms with Crippen molar-refractivity contribution in [3.63, 3.8) is 0 Å². The number of nitrogens with zero attached hydrogens (tertiary/aromatic N) is 1. The van der Waals surface area contributed by atoms with Crippen LogP contribution in [0.3, 0.4) is 0 Å². The maximum Gasteiger partial charge on any atom is 0.414 e. The molecule has 0 saturated carbocycles. The van der Waals surface area contributed by atoms with Gasteiger partial charge in [0.2, 0.25) is 0 Å². The monoisotopic (exact) mass is 248 g/mol. The van der Waals surface area contributed by atoms with Crippen LogP contribution in [-0.4, -0.2) is 18.2 Å². The summed E-state index contributed by atoms with van der Waals surface area (Å²) < 4.78 is 5.42. The molecule has 4 heteroatoms. The fourth-order valence-corrected chi connectivity index (χ4v) is 2.30. The molecule has 0 aromatic heterocycles. The molecule has 0 spiro atoms. The normalized spacial score (nSPS) is 14.6. The van der Waals surface area contributed by atoms with E-state index in [1.165, 1.54) is 0 Å². The Balaban J connectivity index is 2.29. The van der Waals surface area contributed by atoms with Crippen LogP contribution in [0.25, 0.3) is 0 Å². The highest BCUT2D eigenvalue weighted by Gasteiger charge is 2.30. The van der Waals surface area contributed by atoms with Crippen LogP contribution in [0.5, 0.6) is 0 Å². The number of nitrogen functional groups attached to an aromatic ring is 1. The summed E-state index contributed by atoms with van der Waals surface area (Å²) in [7, 11) is 0. The predicted molar refractivity (Wildman–Crippen MR) is 72.9 cm³/mol. The van der Waals surface area contributed by atoms with Crippen molar-refractivity contribution in [1.82, 2.24) is 0 Å². The topological polar surface area (TPSA) is 55.6 Å². The molecule has 2 N–H and O–H groups in total. The molecule has 1 amide bonds. The second-order valence-electron chi connectivity index (χ2n) is 5.73. The average molecular weight is 248 g/mol. The van der Waals surface area contributed by atoms with Crippen molar-refractivity contribution >= 4 is 17.5 Å². The smallest absolute Gasteiger partial charge is 0.414 e. The predicted octanol–water partition coefficient (Wildman–Crippen LogP) is 2.87. The van der Waals surface area contributed by atoms with Crippen LogP contribution in [0.15, 0.2) is 12.1 Å². The van der Waals surface area contributed by atoms with E-state index in [0.717, 1.165) is 28.9 Å². The molecule has 0 unspecified atom stereocenters. The number of rotatable bonds is 0. The number of nitrogens with two attached hydrogens (primary N) is 1. The third kappa shape index (κ3) is 2.42. The molecule has 1 aliphatic heterocycles. The van der Waals surface area contributed by atoms with Crippen LogP contribution in [0.2, 0.25) is 0 Å². The van der Waals surface area contributed by atoms with E-state index in [-0.39, 0.29) is 6.09 Å². The SMILES string of the molecule is Cc1cc(N)cc2c1N(C(=O)OC(C)(C)C)CC2. The van der Waals surface area contributed by atoms with E-state index in [2.05, 4.69) is 0 Å². The minimum absolute atomic E-state index is 0.283. The van der Waals surface area contributed by atoms with Crippen LogP contribution >= 0.6 is 0 Å². The number of aryl methyl sites for hydroxylation is 1. The number of ether oxygens (including phenoxy) is 1. The van der Waals surface area contributed by atoms with Crippen LogP contribution in [-0.2, 0) is 11.2 Å². The van der Waals surface area contributed by atoms with Gasteiger partial charge in [-0.1, -0.05) is 0 Å². The Bertz CT molecular complexity index is 489. The molecule has 1 aromatic carbocycles. The van der Waals surface area contributed by atoms with Crippen molar-refractivity contribution in [3.05, 3.63) is 23.3 Å². The first-order valence-electron chi connectivity index (χ1n) is 6.17. The maximum atomic E-state index is 12.1. The van der Waals surface area contributed by atoms with Gasteiger partial charge in [-0.15, -0.1) is 0 Å².